The first-order chi connectivity index (χ1) is 10.5. The summed E-state index contributed by atoms with van der Waals surface area (Å²) >= 11 is 4.49. The Balaban J connectivity index is 2.19. The number of hydrogen-bond donors (Lipinski definition) is 3. The fourth-order valence-corrected chi connectivity index (χ4v) is 2.64. The number of H-pyrrole nitrogens is 1. The number of imidazole rings is 1. The molecule has 0 fully saturated rings. The molecule has 0 aliphatic heterocycles. The molecule has 2 aromatic carbocycles. The molecule has 22 heavy (non-hydrogen) atoms. The number of carbonyl (C=O) groups excluding carboxylic acids is 1. The number of rotatable bonds is 3. The van der Waals surface area contributed by atoms with Gasteiger partial charge in [0.25, 0.3) is 0 Å². The van der Waals surface area contributed by atoms with E-state index in [9.17, 15) is 4.79 Å². The number of amides is 1. The van der Waals surface area contributed by atoms with Crippen molar-refractivity contribution in [3.63, 3.8) is 0 Å². The minimum atomic E-state index is -0.475. The molecule has 0 radical (unpaired) electrons. The van der Waals surface area contributed by atoms with E-state index in [-0.39, 0.29) is 0 Å². The van der Waals surface area contributed by atoms with E-state index >= 15 is 0 Å². The van der Waals surface area contributed by atoms with Gasteiger partial charge in [-0.2, -0.15) is 0 Å². The van der Waals surface area contributed by atoms with Crippen LogP contribution in [0.4, 0.5) is 0 Å². The predicted molar refractivity (Wildman–Crippen MR) is 88.6 cm³/mol. The minimum absolute atomic E-state index is 0.427. The summed E-state index contributed by atoms with van der Waals surface area (Å²) in [6, 6.07) is 9.01. The summed E-state index contributed by atoms with van der Waals surface area (Å²) in [5.74, 6) is 0.846. The van der Waals surface area contributed by atoms with E-state index in [2.05, 4.69) is 22.6 Å². The molecule has 1 heterocycles. The minimum Gasteiger partial charge on any atom is -0.495 e. The molecular formula is C16H15N3O2S. The van der Waals surface area contributed by atoms with Crippen molar-refractivity contribution in [1.29, 1.82) is 0 Å². The number of nitrogens with two attached hydrogens (primary N) is 1. The Morgan fingerprint density at radius 1 is 1.32 bits per heavy atom. The second-order valence-electron chi connectivity index (χ2n) is 4.99. The van der Waals surface area contributed by atoms with Gasteiger partial charge in [-0.3, -0.25) is 4.79 Å². The first-order valence-corrected chi connectivity index (χ1v) is 7.12. The number of nitrogens with zero attached hydrogens (tertiary/aromatic N) is 1. The van der Waals surface area contributed by atoms with Crippen LogP contribution in [0.15, 0.2) is 35.2 Å². The molecule has 0 aliphatic rings. The van der Waals surface area contributed by atoms with Crippen LogP contribution in [0.5, 0.6) is 5.75 Å². The highest BCUT2D eigenvalue weighted by molar-refractivity contribution is 7.80. The Labute approximate surface area is 132 Å². The summed E-state index contributed by atoms with van der Waals surface area (Å²) in [4.78, 5) is 19.8. The second-order valence-corrected chi connectivity index (χ2v) is 5.44. The van der Waals surface area contributed by atoms with Crippen molar-refractivity contribution in [3.8, 4) is 17.1 Å². The first-order valence-electron chi connectivity index (χ1n) is 6.67. The van der Waals surface area contributed by atoms with Crippen LogP contribution in [0.3, 0.4) is 0 Å². The average Bonchev–Trinajstić information content (AvgIpc) is 2.92. The van der Waals surface area contributed by atoms with Crippen LogP contribution in [0, 0.1) is 6.92 Å². The molecule has 0 atom stereocenters. The number of primary amides is 1. The lowest BCUT2D eigenvalue weighted by Gasteiger charge is -2.10. The smallest absolute Gasteiger partial charge is 0.248 e. The van der Waals surface area contributed by atoms with Crippen molar-refractivity contribution >= 4 is 29.6 Å². The van der Waals surface area contributed by atoms with E-state index in [1.807, 2.05) is 19.1 Å². The zero-order valence-electron chi connectivity index (χ0n) is 12.2. The first kappa shape index (κ1) is 14.5. The molecule has 0 spiro atoms. The van der Waals surface area contributed by atoms with Crippen molar-refractivity contribution < 1.29 is 9.53 Å². The molecule has 0 unspecified atom stereocenters. The van der Waals surface area contributed by atoms with Crippen LogP contribution in [-0.2, 0) is 0 Å². The Kier molecular flexibility index (Phi) is 3.54. The number of aromatic nitrogens is 2. The van der Waals surface area contributed by atoms with E-state index in [0.29, 0.717) is 22.7 Å². The summed E-state index contributed by atoms with van der Waals surface area (Å²) in [7, 11) is 1.60. The lowest BCUT2D eigenvalue weighted by atomic mass is 10.1. The fraction of sp³-hybridized carbons (Fsp3) is 0.125. The van der Waals surface area contributed by atoms with Crippen LogP contribution in [0.2, 0.25) is 0 Å². The van der Waals surface area contributed by atoms with Gasteiger partial charge in [-0.25, -0.2) is 4.98 Å². The van der Waals surface area contributed by atoms with Gasteiger partial charge in [0, 0.05) is 10.5 Å². The number of benzene rings is 2. The molecule has 112 valence electrons. The molecule has 0 saturated carbocycles. The monoisotopic (exact) mass is 313 g/mol. The van der Waals surface area contributed by atoms with E-state index in [0.717, 1.165) is 21.5 Å². The number of carbonyl (C=O) groups is 1. The normalized spacial score (nSPS) is 10.9. The Hall–Kier alpha value is -2.47. The third-order valence-corrected chi connectivity index (χ3v) is 4.12. The Morgan fingerprint density at radius 3 is 2.77 bits per heavy atom. The van der Waals surface area contributed by atoms with Gasteiger partial charge in [0.2, 0.25) is 5.91 Å². The van der Waals surface area contributed by atoms with Gasteiger partial charge >= 0.3 is 0 Å². The molecule has 0 bridgehead atoms. The van der Waals surface area contributed by atoms with E-state index < -0.39 is 5.91 Å². The molecule has 3 rings (SSSR count). The summed E-state index contributed by atoms with van der Waals surface area (Å²) in [6.07, 6.45) is 0. The van der Waals surface area contributed by atoms with E-state index in [1.54, 1.807) is 25.3 Å². The Morgan fingerprint density at radius 2 is 2.09 bits per heavy atom. The maximum Gasteiger partial charge on any atom is 0.248 e. The summed E-state index contributed by atoms with van der Waals surface area (Å²) < 4.78 is 5.46. The predicted octanol–water partition coefficient (Wildman–Crippen LogP) is 2.93. The maximum absolute atomic E-state index is 11.3. The highest BCUT2D eigenvalue weighted by Gasteiger charge is 2.15. The number of fused-ring (bicyclic) bond motifs is 1. The molecule has 0 saturated heterocycles. The van der Waals surface area contributed by atoms with Crippen LogP contribution < -0.4 is 10.5 Å². The SMILES string of the molecule is COc1c(-c2nc3cc(C(N)=O)ccc3[nH]2)ccc(C)c1S. The quantitative estimate of drug-likeness (QED) is 0.650. The van der Waals surface area contributed by atoms with Crippen molar-refractivity contribution in [2.75, 3.05) is 7.11 Å². The molecular weight excluding hydrogens is 298 g/mol. The molecule has 0 aliphatic carbocycles. The topological polar surface area (TPSA) is 81.0 Å². The van der Waals surface area contributed by atoms with Gasteiger partial charge in [-0.1, -0.05) is 6.07 Å². The van der Waals surface area contributed by atoms with Crippen molar-refractivity contribution in [3.05, 3.63) is 41.5 Å². The molecule has 1 amide bonds. The zero-order chi connectivity index (χ0) is 15.9. The molecule has 1 aromatic heterocycles. The number of aryl methyl sites for hydroxylation is 1. The number of hydrogen-bond acceptors (Lipinski definition) is 4. The second kappa shape index (κ2) is 5.38. The standard InChI is InChI=1S/C16H15N3O2S/c1-8-3-5-10(13(21-2)14(8)22)16-18-11-6-4-9(15(17)20)7-12(11)19-16/h3-7,22H,1-2H3,(H2,17,20)(H,18,19). The van der Waals surface area contributed by atoms with Crippen molar-refractivity contribution in [2.24, 2.45) is 5.73 Å². The highest BCUT2D eigenvalue weighted by Crippen LogP contribution is 2.36. The molecule has 6 heteroatoms. The van der Waals surface area contributed by atoms with Crippen LogP contribution in [0.1, 0.15) is 15.9 Å². The van der Waals surface area contributed by atoms with Gasteiger partial charge in [-0.05, 0) is 36.8 Å². The summed E-state index contributed by atoms with van der Waals surface area (Å²) in [5.41, 5.74) is 9.06. The highest BCUT2D eigenvalue weighted by atomic mass is 32.1. The molecule has 3 aromatic rings. The van der Waals surface area contributed by atoms with Gasteiger partial charge < -0.3 is 15.5 Å². The van der Waals surface area contributed by atoms with Crippen LogP contribution >= 0.6 is 12.6 Å². The zero-order valence-corrected chi connectivity index (χ0v) is 13.1. The fourth-order valence-electron chi connectivity index (χ4n) is 2.35. The van der Waals surface area contributed by atoms with Crippen LogP contribution in [0.25, 0.3) is 22.4 Å². The summed E-state index contributed by atoms with van der Waals surface area (Å²) in [6.45, 7) is 1.96. The van der Waals surface area contributed by atoms with Gasteiger partial charge in [0.05, 0.1) is 23.7 Å². The van der Waals surface area contributed by atoms with Crippen molar-refractivity contribution in [1.82, 2.24) is 9.97 Å². The van der Waals surface area contributed by atoms with E-state index in [1.165, 1.54) is 0 Å². The number of ether oxygens (including phenoxy) is 1. The number of methoxy groups -OCH3 is 1. The van der Waals surface area contributed by atoms with Crippen LogP contribution in [-0.4, -0.2) is 23.0 Å². The van der Waals surface area contributed by atoms with Crippen molar-refractivity contribution in [2.45, 2.75) is 11.8 Å². The number of thiol groups is 1. The van der Waals surface area contributed by atoms with Gasteiger partial charge in [0.15, 0.2) is 0 Å². The lowest BCUT2D eigenvalue weighted by molar-refractivity contribution is 0.100. The van der Waals surface area contributed by atoms with E-state index in [4.69, 9.17) is 10.5 Å². The summed E-state index contributed by atoms with van der Waals surface area (Å²) in [5, 5.41) is 0. The lowest BCUT2D eigenvalue weighted by Crippen LogP contribution is -2.10. The number of nitrogens with one attached hydrogen (secondary N) is 1. The number of aromatic amines is 1. The third kappa shape index (κ3) is 2.31. The Bertz CT molecular complexity index is 886. The van der Waals surface area contributed by atoms with Gasteiger partial charge in [-0.15, -0.1) is 12.6 Å². The third-order valence-electron chi connectivity index (χ3n) is 3.56. The molecule has 5 nitrogen and oxygen atoms in total. The molecule has 3 N–H and O–H groups in total. The average molecular weight is 313 g/mol. The largest absolute Gasteiger partial charge is 0.495 e. The maximum atomic E-state index is 11.3. The van der Waals surface area contributed by atoms with Gasteiger partial charge in [0.1, 0.15) is 11.6 Å².